The quantitative estimate of drug-likeness (QED) is 0.909. The average Bonchev–Trinajstić information content (AvgIpc) is 2.75. The van der Waals surface area contributed by atoms with Gasteiger partial charge in [0.05, 0.1) is 18.4 Å². The van der Waals surface area contributed by atoms with E-state index in [-0.39, 0.29) is 0 Å². The first-order valence-electron chi connectivity index (χ1n) is 6.67. The summed E-state index contributed by atoms with van der Waals surface area (Å²) in [6.45, 7) is 6.19. The topological polar surface area (TPSA) is 84.4 Å². The largest absolute Gasteiger partial charge is 0.465 e. The Morgan fingerprint density at radius 3 is 2.38 bits per heavy atom. The van der Waals surface area contributed by atoms with Gasteiger partial charge in [0.15, 0.2) is 0 Å². The van der Waals surface area contributed by atoms with Crippen molar-refractivity contribution in [2.45, 2.75) is 32.9 Å². The molecular weight excluding hydrogens is 268 g/mol. The standard InChI is InChI=1S/C15H20N4O2/c1-15(2,3)19(14(20)21)13-6-4-11(5-7-13)9-18-10-12(16)8-17-18/h4-8,10H,9,16H2,1-3H3,(H,20,21). The van der Waals surface area contributed by atoms with Crippen LogP contribution in [0.5, 0.6) is 0 Å². The fourth-order valence-electron chi connectivity index (χ4n) is 2.19. The zero-order chi connectivity index (χ0) is 15.6. The molecule has 0 saturated heterocycles. The Kier molecular flexibility index (Phi) is 3.88. The molecule has 0 spiro atoms. The molecule has 2 aromatic rings. The normalized spacial score (nSPS) is 11.4. The second kappa shape index (κ2) is 5.47. The highest BCUT2D eigenvalue weighted by Gasteiger charge is 2.27. The van der Waals surface area contributed by atoms with Gasteiger partial charge in [-0.15, -0.1) is 0 Å². The highest BCUT2D eigenvalue weighted by molar-refractivity contribution is 5.87. The SMILES string of the molecule is CC(C)(C)N(C(=O)O)c1ccc(Cn2cc(N)cn2)cc1. The highest BCUT2D eigenvalue weighted by atomic mass is 16.4. The van der Waals surface area contributed by atoms with Crippen LogP contribution in [0.4, 0.5) is 16.2 Å². The van der Waals surface area contributed by atoms with Crippen LogP contribution in [0, 0.1) is 0 Å². The fourth-order valence-corrected chi connectivity index (χ4v) is 2.19. The maximum atomic E-state index is 11.4. The summed E-state index contributed by atoms with van der Waals surface area (Å²) in [7, 11) is 0. The molecule has 0 radical (unpaired) electrons. The lowest BCUT2D eigenvalue weighted by atomic mass is 10.0. The predicted octanol–water partition coefficient (Wildman–Crippen LogP) is 2.80. The van der Waals surface area contributed by atoms with Crippen molar-refractivity contribution in [3.8, 4) is 0 Å². The maximum Gasteiger partial charge on any atom is 0.412 e. The number of anilines is 2. The molecule has 0 atom stereocenters. The lowest BCUT2D eigenvalue weighted by molar-refractivity contribution is 0.195. The number of hydrogen-bond acceptors (Lipinski definition) is 3. The van der Waals surface area contributed by atoms with Crippen LogP contribution < -0.4 is 10.6 Å². The number of amides is 1. The number of aromatic nitrogens is 2. The van der Waals surface area contributed by atoms with Crippen LogP contribution in [0.2, 0.25) is 0 Å². The third kappa shape index (κ3) is 3.53. The van der Waals surface area contributed by atoms with Crippen molar-refractivity contribution in [3.05, 3.63) is 42.2 Å². The highest BCUT2D eigenvalue weighted by Crippen LogP contribution is 2.24. The van der Waals surface area contributed by atoms with Crippen molar-refractivity contribution in [1.82, 2.24) is 9.78 Å². The van der Waals surface area contributed by atoms with Crippen LogP contribution in [-0.4, -0.2) is 26.5 Å². The molecule has 1 aromatic carbocycles. The van der Waals surface area contributed by atoms with Gasteiger partial charge < -0.3 is 10.8 Å². The zero-order valence-corrected chi connectivity index (χ0v) is 12.4. The van der Waals surface area contributed by atoms with Crippen molar-refractivity contribution in [3.63, 3.8) is 0 Å². The number of benzene rings is 1. The summed E-state index contributed by atoms with van der Waals surface area (Å²) in [4.78, 5) is 12.8. The minimum atomic E-state index is -0.963. The van der Waals surface area contributed by atoms with Gasteiger partial charge in [-0.2, -0.15) is 5.10 Å². The van der Waals surface area contributed by atoms with E-state index in [0.717, 1.165) is 5.56 Å². The van der Waals surface area contributed by atoms with Crippen LogP contribution in [0.3, 0.4) is 0 Å². The number of nitrogens with zero attached hydrogens (tertiary/aromatic N) is 3. The molecule has 1 amide bonds. The van der Waals surface area contributed by atoms with E-state index in [1.54, 1.807) is 17.1 Å². The Hall–Kier alpha value is -2.50. The van der Waals surface area contributed by atoms with Crippen molar-refractivity contribution in [1.29, 1.82) is 0 Å². The lowest BCUT2D eigenvalue weighted by Gasteiger charge is -2.33. The molecule has 112 valence electrons. The Morgan fingerprint density at radius 2 is 1.95 bits per heavy atom. The molecule has 0 unspecified atom stereocenters. The van der Waals surface area contributed by atoms with Crippen LogP contribution in [0.25, 0.3) is 0 Å². The second-order valence-corrected chi connectivity index (χ2v) is 5.93. The fraction of sp³-hybridized carbons (Fsp3) is 0.333. The van der Waals surface area contributed by atoms with Gasteiger partial charge in [-0.05, 0) is 38.5 Å². The van der Waals surface area contributed by atoms with E-state index in [2.05, 4.69) is 5.10 Å². The Balaban J connectivity index is 2.19. The van der Waals surface area contributed by atoms with Gasteiger partial charge in [0.1, 0.15) is 0 Å². The zero-order valence-electron chi connectivity index (χ0n) is 12.4. The summed E-state index contributed by atoms with van der Waals surface area (Å²) in [5, 5.41) is 13.5. The number of carboxylic acid groups (broad SMARTS) is 1. The number of hydrogen-bond donors (Lipinski definition) is 2. The van der Waals surface area contributed by atoms with E-state index in [4.69, 9.17) is 5.73 Å². The smallest absolute Gasteiger partial charge is 0.412 e. The third-order valence-electron chi connectivity index (χ3n) is 3.05. The number of carbonyl (C=O) groups is 1. The third-order valence-corrected chi connectivity index (χ3v) is 3.05. The molecule has 2 rings (SSSR count). The van der Waals surface area contributed by atoms with Crippen LogP contribution in [0.15, 0.2) is 36.7 Å². The van der Waals surface area contributed by atoms with Gasteiger partial charge in [-0.3, -0.25) is 9.58 Å². The van der Waals surface area contributed by atoms with Gasteiger partial charge >= 0.3 is 6.09 Å². The molecule has 6 heteroatoms. The number of nitrogen functional groups attached to an aromatic ring is 1. The summed E-state index contributed by atoms with van der Waals surface area (Å²) in [5.41, 5.74) is 7.43. The van der Waals surface area contributed by atoms with Gasteiger partial charge in [-0.25, -0.2) is 4.79 Å². The van der Waals surface area contributed by atoms with E-state index in [1.165, 1.54) is 4.90 Å². The van der Waals surface area contributed by atoms with E-state index in [0.29, 0.717) is 17.9 Å². The van der Waals surface area contributed by atoms with Crippen molar-refractivity contribution in [2.75, 3.05) is 10.6 Å². The van der Waals surface area contributed by atoms with Crippen LogP contribution in [0.1, 0.15) is 26.3 Å². The van der Waals surface area contributed by atoms with Crippen LogP contribution in [-0.2, 0) is 6.54 Å². The van der Waals surface area contributed by atoms with E-state index >= 15 is 0 Å². The molecule has 0 fully saturated rings. The Bertz CT molecular complexity index is 626. The molecule has 0 aliphatic rings. The van der Waals surface area contributed by atoms with Crippen molar-refractivity contribution >= 4 is 17.5 Å². The number of nitrogens with two attached hydrogens (primary N) is 1. The van der Waals surface area contributed by atoms with Crippen LogP contribution >= 0.6 is 0 Å². The molecule has 21 heavy (non-hydrogen) atoms. The van der Waals surface area contributed by atoms with Crippen molar-refractivity contribution < 1.29 is 9.90 Å². The van der Waals surface area contributed by atoms with E-state index < -0.39 is 11.6 Å². The Labute approximate surface area is 123 Å². The van der Waals surface area contributed by atoms with E-state index in [1.807, 2.05) is 45.0 Å². The first-order valence-corrected chi connectivity index (χ1v) is 6.67. The molecule has 0 saturated carbocycles. The summed E-state index contributed by atoms with van der Waals surface area (Å²) in [5.74, 6) is 0. The molecule has 1 aromatic heterocycles. The first kappa shape index (κ1) is 14.9. The molecule has 0 bridgehead atoms. The summed E-state index contributed by atoms with van der Waals surface area (Å²) in [6.07, 6.45) is 2.39. The molecule has 0 aliphatic carbocycles. The number of rotatable bonds is 3. The molecule has 0 aliphatic heterocycles. The minimum Gasteiger partial charge on any atom is -0.465 e. The average molecular weight is 288 g/mol. The van der Waals surface area contributed by atoms with Crippen molar-refractivity contribution in [2.24, 2.45) is 0 Å². The maximum absolute atomic E-state index is 11.4. The second-order valence-electron chi connectivity index (χ2n) is 5.93. The lowest BCUT2D eigenvalue weighted by Crippen LogP contribution is -2.45. The van der Waals surface area contributed by atoms with Gasteiger partial charge in [0, 0.05) is 17.4 Å². The molecule has 6 nitrogen and oxygen atoms in total. The molecular formula is C15H20N4O2. The molecule has 1 heterocycles. The van der Waals surface area contributed by atoms with Gasteiger partial charge in [0.2, 0.25) is 0 Å². The summed E-state index contributed by atoms with van der Waals surface area (Å²) < 4.78 is 1.74. The summed E-state index contributed by atoms with van der Waals surface area (Å²) in [6, 6.07) is 7.41. The van der Waals surface area contributed by atoms with Gasteiger partial charge in [-0.1, -0.05) is 12.1 Å². The van der Waals surface area contributed by atoms with Gasteiger partial charge in [0.25, 0.3) is 0 Å². The predicted molar refractivity (Wildman–Crippen MR) is 82.4 cm³/mol. The first-order chi connectivity index (χ1) is 9.77. The Morgan fingerprint density at radius 1 is 1.33 bits per heavy atom. The monoisotopic (exact) mass is 288 g/mol. The summed E-state index contributed by atoms with van der Waals surface area (Å²) >= 11 is 0. The minimum absolute atomic E-state index is 0.496. The van der Waals surface area contributed by atoms with E-state index in [9.17, 15) is 9.90 Å². The molecule has 3 N–H and O–H groups in total.